The molecule has 7 heteroatoms. The SMILES string of the molecule is CCCC1=C(C(=O)OCC)[C@H](c2ccc(C(C)C)cc2)n2c(s/c(=C\c3ccc(SC)cc3)c2=O)=N1. The van der Waals surface area contributed by atoms with Crippen LogP contribution in [0.3, 0.4) is 0 Å². The number of hydrogen-bond donors (Lipinski definition) is 0. The Morgan fingerprint density at radius 1 is 1.14 bits per heavy atom. The Labute approximate surface area is 220 Å². The number of benzene rings is 2. The number of thioether (sulfide) groups is 1. The molecule has 0 fully saturated rings. The third kappa shape index (κ3) is 5.27. The predicted octanol–water partition coefficient (Wildman–Crippen LogP) is 5.42. The van der Waals surface area contributed by atoms with Gasteiger partial charge in [-0.05, 0) is 60.4 Å². The smallest absolute Gasteiger partial charge is 0.338 e. The maximum atomic E-state index is 13.8. The number of esters is 1. The van der Waals surface area contributed by atoms with Gasteiger partial charge in [-0.1, -0.05) is 74.9 Å². The molecule has 2 aromatic carbocycles. The topological polar surface area (TPSA) is 60.7 Å². The largest absolute Gasteiger partial charge is 0.463 e. The Hall–Kier alpha value is -2.90. The fourth-order valence-corrected chi connectivity index (χ4v) is 5.78. The fraction of sp³-hybridized carbons (Fsp3) is 0.345. The average molecular weight is 521 g/mol. The van der Waals surface area contributed by atoms with Crippen LogP contribution in [-0.4, -0.2) is 23.4 Å². The molecule has 0 aliphatic carbocycles. The summed E-state index contributed by atoms with van der Waals surface area (Å²) in [5.41, 5.74) is 4.04. The number of carbonyl (C=O) groups excluding carboxylic acids is 1. The molecule has 3 aromatic rings. The minimum Gasteiger partial charge on any atom is -0.463 e. The van der Waals surface area contributed by atoms with Gasteiger partial charge in [0, 0.05) is 4.90 Å². The summed E-state index contributed by atoms with van der Waals surface area (Å²) < 4.78 is 7.73. The first-order chi connectivity index (χ1) is 17.4. The average Bonchev–Trinajstić information content (AvgIpc) is 3.18. The van der Waals surface area contributed by atoms with Crippen LogP contribution < -0.4 is 14.9 Å². The lowest BCUT2D eigenvalue weighted by Gasteiger charge is -2.26. The van der Waals surface area contributed by atoms with Crippen molar-refractivity contribution in [2.24, 2.45) is 4.99 Å². The molecule has 0 unspecified atom stereocenters. The number of rotatable bonds is 8. The number of aromatic nitrogens is 1. The molecule has 36 heavy (non-hydrogen) atoms. The van der Waals surface area contributed by atoms with Gasteiger partial charge in [0.25, 0.3) is 5.56 Å². The summed E-state index contributed by atoms with van der Waals surface area (Å²) in [4.78, 5) is 33.7. The third-order valence-corrected chi connectivity index (χ3v) is 7.95. The summed E-state index contributed by atoms with van der Waals surface area (Å²) in [7, 11) is 0. The molecule has 0 bridgehead atoms. The second-order valence-electron chi connectivity index (χ2n) is 9.01. The maximum absolute atomic E-state index is 13.8. The highest BCUT2D eigenvalue weighted by Crippen LogP contribution is 2.33. The van der Waals surface area contributed by atoms with E-state index in [0.717, 1.165) is 17.5 Å². The van der Waals surface area contributed by atoms with Crippen LogP contribution in [0.1, 0.15) is 69.2 Å². The molecular formula is C29H32N2O3S2. The lowest BCUT2D eigenvalue weighted by molar-refractivity contribution is -0.139. The van der Waals surface area contributed by atoms with E-state index in [1.807, 2.05) is 48.7 Å². The Bertz CT molecular complexity index is 1450. The number of thiazole rings is 1. The second kappa shape index (κ2) is 11.4. The molecule has 0 radical (unpaired) electrons. The Morgan fingerprint density at radius 3 is 2.42 bits per heavy atom. The van der Waals surface area contributed by atoms with Crippen LogP contribution in [0.15, 0.2) is 74.5 Å². The summed E-state index contributed by atoms with van der Waals surface area (Å²) in [5.74, 6) is -0.0289. The van der Waals surface area contributed by atoms with E-state index in [9.17, 15) is 9.59 Å². The molecule has 1 atom stereocenters. The highest BCUT2D eigenvalue weighted by molar-refractivity contribution is 7.98. The van der Waals surface area contributed by atoms with Gasteiger partial charge in [0.2, 0.25) is 0 Å². The fourth-order valence-electron chi connectivity index (χ4n) is 4.35. The van der Waals surface area contributed by atoms with Gasteiger partial charge in [0.15, 0.2) is 4.80 Å². The van der Waals surface area contributed by atoms with Crippen molar-refractivity contribution >= 4 is 35.1 Å². The molecule has 188 valence electrons. The molecule has 0 saturated carbocycles. The molecule has 1 aromatic heterocycles. The van der Waals surface area contributed by atoms with Crippen molar-refractivity contribution in [2.45, 2.75) is 57.4 Å². The summed E-state index contributed by atoms with van der Waals surface area (Å²) in [6.07, 6.45) is 5.41. The number of carbonyl (C=O) groups is 1. The second-order valence-corrected chi connectivity index (χ2v) is 10.9. The van der Waals surface area contributed by atoms with E-state index >= 15 is 0 Å². The molecule has 0 spiro atoms. The van der Waals surface area contributed by atoms with E-state index in [2.05, 4.69) is 32.9 Å². The van der Waals surface area contributed by atoms with Gasteiger partial charge in [-0.15, -0.1) is 11.8 Å². The molecule has 4 rings (SSSR count). The number of hydrogen-bond acceptors (Lipinski definition) is 6. The zero-order valence-electron chi connectivity index (χ0n) is 21.4. The molecule has 1 aliphatic heterocycles. The van der Waals surface area contributed by atoms with Crippen LogP contribution >= 0.6 is 23.1 Å². The number of fused-ring (bicyclic) bond motifs is 1. The van der Waals surface area contributed by atoms with Crippen LogP contribution in [-0.2, 0) is 9.53 Å². The maximum Gasteiger partial charge on any atom is 0.338 e. The van der Waals surface area contributed by atoms with Crippen LogP contribution in [0.25, 0.3) is 6.08 Å². The Morgan fingerprint density at radius 2 is 1.83 bits per heavy atom. The van der Waals surface area contributed by atoms with Crippen LogP contribution in [0, 0.1) is 0 Å². The minimum atomic E-state index is -0.580. The summed E-state index contributed by atoms with van der Waals surface area (Å²) in [6, 6.07) is 15.7. The molecule has 2 heterocycles. The van der Waals surface area contributed by atoms with E-state index in [1.54, 1.807) is 23.3 Å². The molecular weight excluding hydrogens is 488 g/mol. The monoisotopic (exact) mass is 520 g/mol. The van der Waals surface area contributed by atoms with Crippen molar-refractivity contribution in [1.29, 1.82) is 0 Å². The van der Waals surface area contributed by atoms with E-state index in [4.69, 9.17) is 9.73 Å². The van der Waals surface area contributed by atoms with Crippen LogP contribution in [0.2, 0.25) is 0 Å². The Balaban J connectivity index is 1.94. The van der Waals surface area contributed by atoms with Crippen LogP contribution in [0.5, 0.6) is 0 Å². The first-order valence-corrected chi connectivity index (χ1v) is 14.4. The van der Waals surface area contributed by atoms with Gasteiger partial charge in [-0.2, -0.15) is 0 Å². The van der Waals surface area contributed by atoms with E-state index in [1.165, 1.54) is 21.8 Å². The van der Waals surface area contributed by atoms with E-state index < -0.39 is 12.0 Å². The quantitative estimate of drug-likeness (QED) is 0.294. The Kier molecular flexibility index (Phi) is 8.32. The van der Waals surface area contributed by atoms with Crippen molar-refractivity contribution in [1.82, 2.24) is 4.57 Å². The van der Waals surface area contributed by atoms with Crippen molar-refractivity contribution in [3.63, 3.8) is 0 Å². The lowest BCUT2D eigenvalue weighted by Crippen LogP contribution is -2.40. The van der Waals surface area contributed by atoms with Gasteiger partial charge >= 0.3 is 5.97 Å². The molecule has 0 N–H and O–H groups in total. The van der Waals surface area contributed by atoms with Gasteiger partial charge < -0.3 is 4.74 Å². The molecule has 5 nitrogen and oxygen atoms in total. The highest BCUT2D eigenvalue weighted by atomic mass is 32.2. The highest BCUT2D eigenvalue weighted by Gasteiger charge is 2.34. The first kappa shape index (κ1) is 26.2. The number of allylic oxidation sites excluding steroid dienone is 1. The standard InChI is InChI=1S/C29H32N2O3S2/c1-6-8-23-25(28(33)34-7-2)26(21-13-11-20(12-14-21)18(3)4)31-27(32)24(36-29(31)30-23)17-19-9-15-22(35-5)16-10-19/h9-18,26H,6-8H2,1-5H3/b24-17-/t26-/m0/s1. The normalized spacial score (nSPS) is 15.7. The van der Waals surface area contributed by atoms with Gasteiger partial charge in [0.1, 0.15) is 0 Å². The summed E-state index contributed by atoms with van der Waals surface area (Å²) >= 11 is 3.05. The third-order valence-electron chi connectivity index (χ3n) is 6.22. The summed E-state index contributed by atoms with van der Waals surface area (Å²) in [6.45, 7) is 8.41. The first-order valence-electron chi connectivity index (χ1n) is 12.3. The van der Waals surface area contributed by atoms with Gasteiger partial charge in [0.05, 0.1) is 28.5 Å². The van der Waals surface area contributed by atoms with Crippen molar-refractivity contribution in [3.05, 3.63) is 96.2 Å². The molecule has 1 aliphatic rings. The predicted molar refractivity (Wildman–Crippen MR) is 148 cm³/mol. The van der Waals surface area contributed by atoms with E-state index in [-0.39, 0.29) is 12.2 Å². The molecule has 0 saturated heterocycles. The minimum absolute atomic E-state index is 0.150. The zero-order valence-corrected chi connectivity index (χ0v) is 23.0. The summed E-state index contributed by atoms with van der Waals surface area (Å²) in [5, 5.41) is 0. The number of ether oxygens (including phenoxy) is 1. The lowest BCUT2D eigenvalue weighted by atomic mass is 9.92. The zero-order chi connectivity index (χ0) is 25.8. The van der Waals surface area contributed by atoms with Crippen molar-refractivity contribution in [2.75, 3.05) is 12.9 Å². The van der Waals surface area contributed by atoms with Crippen LogP contribution in [0.4, 0.5) is 0 Å². The van der Waals surface area contributed by atoms with E-state index in [0.29, 0.717) is 32.9 Å². The molecule has 0 amide bonds. The van der Waals surface area contributed by atoms with Crippen molar-refractivity contribution < 1.29 is 9.53 Å². The van der Waals surface area contributed by atoms with Crippen molar-refractivity contribution in [3.8, 4) is 0 Å². The number of nitrogens with zero attached hydrogens (tertiary/aromatic N) is 2. The van der Waals surface area contributed by atoms with Gasteiger partial charge in [-0.3, -0.25) is 9.36 Å². The van der Waals surface area contributed by atoms with Gasteiger partial charge in [-0.25, -0.2) is 9.79 Å².